The van der Waals surface area contributed by atoms with Gasteiger partial charge in [-0.1, -0.05) is 117 Å². The molecule has 0 nitrogen and oxygen atoms in total. The minimum absolute atomic E-state index is 0.0467. The van der Waals surface area contributed by atoms with Crippen LogP contribution in [0.5, 0.6) is 0 Å². The summed E-state index contributed by atoms with van der Waals surface area (Å²) in [6, 6.07) is 0. The largest absolute Gasteiger partial charge is 0.460 e. The van der Waals surface area contributed by atoms with Crippen LogP contribution in [-0.2, 0) is 0 Å². The summed E-state index contributed by atoms with van der Waals surface area (Å²) >= 11 is 0. The zero-order valence-corrected chi connectivity index (χ0v) is 49.5. The van der Waals surface area contributed by atoms with E-state index in [2.05, 4.69) is 20.8 Å². The molecule has 6 aliphatic rings. The Kier molecular flexibility index (Phi) is 26.8. The minimum atomic E-state index is -6.78. The molecule has 6 aliphatic carbocycles. The van der Waals surface area contributed by atoms with E-state index in [-0.39, 0.29) is 56.3 Å². The summed E-state index contributed by atoms with van der Waals surface area (Å²) in [7, 11) is 0. The van der Waals surface area contributed by atoms with E-state index in [1.54, 1.807) is 0 Å². The van der Waals surface area contributed by atoms with E-state index >= 15 is 0 Å². The number of hydrogen-bond donors (Lipinski definition) is 0. The number of unbranched alkanes of at least 4 members (excludes halogenated alkanes) is 3. The molecule has 0 aromatic rings. The Balaban J connectivity index is 0.000000279. The van der Waals surface area contributed by atoms with Crippen LogP contribution in [0.1, 0.15) is 233 Å². The minimum Gasteiger partial charge on any atom is -0.199 e. The summed E-state index contributed by atoms with van der Waals surface area (Å²) < 4.78 is 356. The van der Waals surface area contributed by atoms with Crippen molar-refractivity contribution in [2.45, 2.75) is 304 Å². The molecule has 0 aromatic heterocycles. The molecule has 6 saturated carbocycles. The Bertz CT molecular complexity index is 1980. The first-order valence-corrected chi connectivity index (χ1v) is 31.4. The molecule has 0 aromatic carbocycles. The van der Waals surface area contributed by atoms with Crippen molar-refractivity contribution in [3.8, 4) is 0 Å². The van der Waals surface area contributed by atoms with Crippen LogP contribution in [0.3, 0.4) is 0 Å². The number of halogens is 27. The van der Waals surface area contributed by atoms with Gasteiger partial charge in [0, 0.05) is 17.8 Å². The summed E-state index contributed by atoms with van der Waals surface area (Å²) in [4.78, 5) is 0. The number of alkyl halides is 27. The lowest BCUT2D eigenvalue weighted by molar-refractivity contribution is -0.404. The van der Waals surface area contributed by atoms with E-state index in [0.29, 0.717) is 35.5 Å². The van der Waals surface area contributed by atoms with Gasteiger partial charge in [-0.25, -0.2) is 0 Å². The topological polar surface area (TPSA) is 0 Å². The zero-order valence-electron chi connectivity index (χ0n) is 49.5. The average molecular weight is 1320 g/mol. The molecule has 0 unspecified atom stereocenters. The van der Waals surface area contributed by atoms with Crippen molar-refractivity contribution in [2.24, 2.45) is 71.0 Å². The van der Waals surface area contributed by atoms with E-state index in [1.807, 2.05) is 0 Å². The van der Waals surface area contributed by atoms with Gasteiger partial charge in [-0.2, -0.15) is 119 Å². The predicted molar refractivity (Wildman–Crippen MR) is 274 cm³/mol. The molecule has 0 bridgehead atoms. The molecule has 0 N–H and O–H groups in total. The van der Waals surface area contributed by atoms with Crippen molar-refractivity contribution in [3.63, 3.8) is 0 Å². The second-order valence-corrected chi connectivity index (χ2v) is 26.4. The third-order valence-corrected chi connectivity index (χ3v) is 20.9. The van der Waals surface area contributed by atoms with Gasteiger partial charge < -0.3 is 0 Å². The first kappa shape index (κ1) is 77.6. The summed E-state index contributed by atoms with van der Waals surface area (Å²) in [6.45, 7) is 6.36. The highest BCUT2D eigenvalue weighted by molar-refractivity contribution is 5.07. The molecule has 0 heterocycles. The lowest BCUT2D eigenvalue weighted by atomic mass is 9.67. The van der Waals surface area contributed by atoms with Crippen molar-refractivity contribution in [3.05, 3.63) is 0 Å². The van der Waals surface area contributed by atoms with Crippen LogP contribution in [0.4, 0.5) is 119 Å². The molecule has 0 aliphatic heterocycles. The third-order valence-electron chi connectivity index (χ3n) is 20.9. The van der Waals surface area contributed by atoms with Gasteiger partial charge in [-0.05, 0) is 169 Å². The molecule has 27 heteroatoms. The molecule has 0 amide bonds. The zero-order chi connectivity index (χ0) is 66.3. The van der Waals surface area contributed by atoms with Crippen molar-refractivity contribution in [2.75, 3.05) is 0 Å². The molecule has 87 heavy (non-hydrogen) atoms. The van der Waals surface area contributed by atoms with Crippen LogP contribution < -0.4 is 0 Å². The number of hydrogen-bond acceptors (Lipinski definition) is 0. The standard InChI is InChI=1S/C21H31F9.C20H29F9.C19H27F9/c1-2-3-4-5-14-6-8-15(9-7-14)16-10-12-17(13-11-16)18(22,23)19(24,25)20(26,27)21(28,29)30;1-2-3-4-13-5-7-14(8-6-13)15-9-11-16(12-10-15)17(21,22)18(23,24)19(25,26)20(27,28)29;1-2-3-12-4-6-13(7-5-12)14-8-10-15(11-9-14)16(20,21)17(22,23)18(24,25)19(26,27)28/h14-17H,2-13H2,1H3;13-16H,2-12H2,1H3;12-15H,2-11H2,1H3. The van der Waals surface area contributed by atoms with Gasteiger partial charge >= 0.3 is 71.8 Å². The quantitative estimate of drug-likeness (QED) is 0.0794. The fraction of sp³-hybridized carbons (Fsp3) is 1.00. The van der Waals surface area contributed by atoms with Gasteiger partial charge in [0.1, 0.15) is 0 Å². The SMILES string of the molecule is CCCC1CCC(C2CCC(C(F)(F)C(F)(F)C(F)(F)C(F)(F)F)CC2)CC1.CCCCC1CCC(C2CCC(C(F)(F)C(F)(F)C(F)(F)C(F)(F)F)CC2)CC1.CCCCCC1CCC(C2CCC(C(F)(F)C(F)(F)C(F)(F)C(F)(F)F)CC2)CC1. The summed E-state index contributed by atoms with van der Waals surface area (Å²) in [5.41, 5.74) is 0. The molecule has 516 valence electrons. The lowest BCUT2D eigenvalue weighted by Crippen LogP contribution is -2.63. The van der Waals surface area contributed by atoms with Crippen molar-refractivity contribution >= 4 is 0 Å². The molecule has 6 fully saturated rings. The molecular formula is C60H87F27. The molecule has 0 spiro atoms. The van der Waals surface area contributed by atoms with Crippen LogP contribution in [0.2, 0.25) is 0 Å². The van der Waals surface area contributed by atoms with Gasteiger partial charge in [0.25, 0.3) is 0 Å². The van der Waals surface area contributed by atoms with Crippen molar-refractivity contribution in [1.82, 2.24) is 0 Å². The second-order valence-electron chi connectivity index (χ2n) is 26.4. The van der Waals surface area contributed by atoms with Crippen LogP contribution in [0, 0.1) is 71.0 Å². The van der Waals surface area contributed by atoms with Crippen molar-refractivity contribution in [1.29, 1.82) is 0 Å². The van der Waals surface area contributed by atoms with E-state index in [4.69, 9.17) is 0 Å². The van der Waals surface area contributed by atoms with Crippen molar-refractivity contribution < 1.29 is 119 Å². The van der Waals surface area contributed by atoms with E-state index in [0.717, 1.165) is 116 Å². The maximum Gasteiger partial charge on any atom is 0.460 e. The van der Waals surface area contributed by atoms with Gasteiger partial charge in [-0.15, -0.1) is 0 Å². The summed E-state index contributed by atoms with van der Waals surface area (Å²) in [6.07, 6.45) is 0.166. The lowest BCUT2D eigenvalue weighted by Gasteiger charge is -2.42. The Labute approximate surface area is 493 Å². The fourth-order valence-electron chi connectivity index (χ4n) is 15.2. The highest BCUT2D eigenvalue weighted by atomic mass is 19.4. The monoisotopic (exact) mass is 1320 g/mol. The molecule has 0 atom stereocenters. The number of rotatable bonds is 21. The van der Waals surface area contributed by atoms with Gasteiger partial charge in [0.2, 0.25) is 0 Å². The van der Waals surface area contributed by atoms with Crippen LogP contribution >= 0.6 is 0 Å². The van der Waals surface area contributed by atoms with E-state index in [1.165, 1.54) is 19.3 Å². The van der Waals surface area contributed by atoms with Gasteiger partial charge in [0.05, 0.1) is 0 Å². The fourth-order valence-corrected chi connectivity index (χ4v) is 15.2. The highest BCUT2D eigenvalue weighted by Gasteiger charge is 2.85. The molecule has 0 saturated heterocycles. The molecule has 6 rings (SSSR count). The van der Waals surface area contributed by atoms with Gasteiger partial charge in [0.15, 0.2) is 0 Å². The van der Waals surface area contributed by atoms with Crippen LogP contribution in [0.25, 0.3) is 0 Å². The average Bonchev–Trinajstić information content (AvgIpc) is 0.801. The van der Waals surface area contributed by atoms with E-state index < -0.39 is 128 Å². The predicted octanol–water partition coefficient (Wildman–Crippen LogP) is 24.8. The maximum atomic E-state index is 14.2. The third kappa shape index (κ3) is 17.3. The Morgan fingerprint density at radius 2 is 0.402 bits per heavy atom. The Hall–Kier alpha value is -1.89. The first-order chi connectivity index (χ1) is 39.8. The molecular weight excluding hydrogens is 1230 g/mol. The smallest absolute Gasteiger partial charge is 0.199 e. The van der Waals surface area contributed by atoms with Crippen LogP contribution in [-0.4, -0.2) is 71.8 Å². The van der Waals surface area contributed by atoms with E-state index in [9.17, 15) is 119 Å². The van der Waals surface area contributed by atoms with Crippen LogP contribution in [0.15, 0.2) is 0 Å². The Morgan fingerprint density at radius 1 is 0.207 bits per heavy atom. The second kappa shape index (κ2) is 30.0. The Morgan fingerprint density at radius 3 is 0.598 bits per heavy atom. The van der Waals surface area contributed by atoms with Gasteiger partial charge in [-0.3, -0.25) is 0 Å². The highest BCUT2D eigenvalue weighted by Crippen LogP contribution is 2.62. The maximum absolute atomic E-state index is 14.2. The normalized spacial score (nSPS) is 30.4. The first-order valence-electron chi connectivity index (χ1n) is 31.4. The summed E-state index contributed by atoms with van der Waals surface area (Å²) in [5, 5.41) is 0. The molecule has 0 radical (unpaired) electrons. The summed E-state index contributed by atoms with van der Waals surface area (Å²) in [5.74, 6) is -59.6.